The van der Waals surface area contributed by atoms with Gasteiger partial charge in [0, 0.05) is 5.56 Å². The molecule has 0 aliphatic heterocycles. The molecular formula is C17H19NO2. The molecule has 1 aliphatic carbocycles. The minimum Gasteiger partial charge on any atom is -0.393 e. The van der Waals surface area contributed by atoms with E-state index < -0.39 is 6.10 Å². The maximum absolute atomic E-state index is 9.64. The van der Waals surface area contributed by atoms with Crippen molar-refractivity contribution in [3.8, 4) is 11.3 Å². The third kappa shape index (κ3) is 2.60. The van der Waals surface area contributed by atoms with E-state index in [4.69, 9.17) is 5.11 Å². The van der Waals surface area contributed by atoms with E-state index in [0.717, 1.165) is 17.2 Å². The van der Waals surface area contributed by atoms with Crippen molar-refractivity contribution in [1.82, 2.24) is 4.98 Å². The predicted octanol–water partition coefficient (Wildman–Crippen LogP) is 3.04. The molecule has 1 fully saturated rings. The Labute approximate surface area is 118 Å². The Balaban J connectivity index is 1.84. The first-order chi connectivity index (χ1) is 9.78. The van der Waals surface area contributed by atoms with E-state index in [2.05, 4.69) is 29.2 Å². The molecule has 3 nitrogen and oxygen atoms in total. The van der Waals surface area contributed by atoms with Crippen molar-refractivity contribution in [3.63, 3.8) is 0 Å². The van der Waals surface area contributed by atoms with Gasteiger partial charge in [-0.05, 0) is 36.5 Å². The number of aliphatic hydroxyl groups excluding tert-OH is 2. The zero-order valence-corrected chi connectivity index (χ0v) is 11.4. The van der Waals surface area contributed by atoms with Gasteiger partial charge in [-0.2, -0.15) is 0 Å². The Morgan fingerprint density at radius 2 is 1.85 bits per heavy atom. The molecule has 3 heteroatoms. The molecule has 0 saturated heterocycles. The molecule has 1 atom stereocenters. The van der Waals surface area contributed by atoms with E-state index in [1.165, 1.54) is 24.8 Å². The maximum Gasteiger partial charge on any atom is 0.119 e. The summed E-state index contributed by atoms with van der Waals surface area (Å²) in [6, 6.07) is 14.0. The van der Waals surface area contributed by atoms with Crippen molar-refractivity contribution in [2.75, 3.05) is 6.61 Å². The average Bonchev–Trinajstić information content (AvgIpc) is 2.45. The van der Waals surface area contributed by atoms with E-state index in [1.54, 1.807) is 6.07 Å². The van der Waals surface area contributed by atoms with Crippen LogP contribution in [0.3, 0.4) is 0 Å². The van der Waals surface area contributed by atoms with E-state index in [1.807, 2.05) is 12.1 Å². The fourth-order valence-corrected chi connectivity index (χ4v) is 2.56. The standard InChI is InChI=1S/C17H19NO2/c19-11-17(20)16-6-2-5-15(18-16)14-9-7-13(8-10-14)12-3-1-4-12/h2,5-10,12,17,19-20H,1,3-4,11H2/t17-/m1/s1. The van der Waals surface area contributed by atoms with Crippen molar-refractivity contribution in [2.45, 2.75) is 31.3 Å². The summed E-state index contributed by atoms with van der Waals surface area (Å²) in [6.07, 6.45) is 3.03. The highest BCUT2D eigenvalue weighted by atomic mass is 16.3. The van der Waals surface area contributed by atoms with Crippen LogP contribution in [-0.2, 0) is 0 Å². The molecule has 0 unspecified atom stereocenters. The van der Waals surface area contributed by atoms with Crippen molar-refractivity contribution in [2.24, 2.45) is 0 Å². The van der Waals surface area contributed by atoms with Crippen LogP contribution in [0, 0.1) is 0 Å². The lowest BCUT2D eigenvalue weighted by molar-refractivity contribution is 0.0923. The van der Waals surface area contributed by atoms with Crippen molar-refractivity contribution < 1.29 is 10.2 Å². The highest BCUT2D eigenvalue weighted by molar-refractivity contribution is 5.59. The number of aliphatic hydroxyl groups is 2. The lowest BCUT2D eigenvalue weighted by Crippen LogP contribution is -2.08. The molecule has 104 valence electrons. The number of pyridine rings is 1. The van der Waals surface area contributed by atoms with Crippen LogP contribution in [0.2, 0.25) is 0 Å². The van der Waals surface area contributed by atoms with Crippen molar-refractivity contribution in [3.05, 3.63) is 53.7 Å². The van der Waals surface area contributed by atoms with Gasteiger partial charge in [-0.3, -0.25) is 0 Å². The smallest absolute Gasteiger partial charge is 0.119 e. The Morgan fingerprint density at radius 3 is 2.45 bits per heavy atom. The van der Waals surface area contributed by atoms with Crippen LogP contribution in [0.25, 0.3) is 11.3 Å². The average molecular weight is 269 g/mol. The summed E-state index contributed by atoms with van der Waals surface area (Å²) in [6.45, 7) is -0.308. The van der Waals surface area contributed by atoms with E-state index in [9.17, 15) is 5.11 Å². The summed E-state index contributed by atoms with van der Waals surface area (Å²) in [5.74, 6) is 0.736. The summed E-state index contributed by atoms with van der Waals surface area (Å²) in [5, 5.41) is 18.6. The van der Waals surface area contributed by atoms with Crippen LogP contribution < -0.4 is 0 Å². The molecule has 1 aliphatic rings. The molecule has 20 heavy (non-hydrogen) atoms. The minimum absolute atomic E-state index is 0.308. The fraction of sp³-hybridized carbons (Fsp3) is 0.353. The first-order valence-electron chi connectivity index (χ1n) is 7.14. The Kier molecular flexibility index (Phi) is 3.81. The van der Waals surface area contributed by atoms with Gasteiger partial charge in [0.25, 0.3) is 0 Å². The second-order valence-electron chi connectivity index (χ2n) is 5.40. The molecular weight excluding hydrogens is 250 g/mol. The van der Waals surface area contributed by atoms with E-state index in [-0.39, 0.29) is 6.61 Å². The predicted molar refractivity (Wildman–Crippen MR) is 78.3 cm³/mol. The van der Waals surface area contributed by atoms with E-state index in [0.29, 0.717) is 5.69 Å². The monoisotopic (exact) mass is 269 g/mol. The highest BCUT2D eigenvalue weighted by Crippen LogP contribution is 2.36. The quantitative estimate of drug-likeness (QED) is 0.897. The van der Waals surface area contributed by atoms with Crippen molar-refractivity contribution >= 4 is 0 Å². The molecule has 1 aromatic carbocycles. The van der Waals surface area contributed by atoms with Crippen LogP contribution in [0.1, 0.15) is 42.5 Å². The highest BCUT2D eigenvalue weighted by Gasteiger charge is 2.19. The van der Waals surface area contributed by atoms with Gasteiger partial charge in [0.2, 0.25) is 0 Å². The molecule has 2 N–H and O–H groups in total. The normalized spacial score (nSPS) is 16.7. The second kappa shape index (κ2) is 5.73. The van der Waals surface area contributed by atoms with Gasteiger partial charge >= 0.3 is 0 Å². The Hall–Kier alpha value is -1.71. The molecule has 0 radical (unpaired) electrons. The molecule has 1 saturated carbocycles. The SMILES string of the molecule is OC[C@@H](O)c1cccc(-c2ccc(C3CCC3)cc2)n1. The van der Waals surface area contributed by atoms with Gasteiger partial charge in [-0.15, -0.1) is 0 Å². The third-order valence-electron chi connectivity index (χ3n) is 4.07. The minimum atomic E-state index is -0.913. The molecule has 0 amide bonds. The number of hydrogen-bond donors (Lipinski definition) is 2. The summed E-state index contributed by atoms with van der Waals surface area (Å²) < 4.78 is 0. The van der Waals surface area contributed by atoms with Crippen molar-refractivity contribution in [1.29, 1.82) is 0 Å². The van der Waals surface area contributed by atoms with E-state index >= 15 is 0 Å². The Morgan fingerprint density at radius 1 is 1.10 bits per heavy atom. The zero-order valence-electron chi connectivity index (χ0n) is 11.4. The molecule has 3 rings (SSSR count). The van der Waals surface area contributed by atoms with Gasteiger partial charge in [0.1, 0.15) is 6.10 Å². The first kappa shape index (κ1) is 13.3. The fourth-order valence-electron chi connectivity index (χ4n) is 2.56. The first-order valence-corrected chi connectivity index (χ1v) is 7.14. The van der Waals surface area contributed by atoms with Gasteiger partial charge in [-0.1, -0.05) is 36.8 Å². The lowest BCUT2D eigenvalue weighted by Gasteiger charge is -2.25. The van der Waals surface area contributed by atoms with Crippen LogP contribution >= 0.6 is 0 Å². The van der Waals surface area contributed by atoms with Crippen LogP contribution in [0.4, 0.5) is 0 Å². The summed E-state index contributed by atoms with van der Waals surface area (Å²) >= 11 is 0. The molecule has 0 spiro atoms. The maximum atomic E-state index is 9.64. The summed E-state index contributed by atoms with van der Waals surface area (Å²) in [5.41, 5.74) is 3.79. The lowest BCUT2D eigenvalue weighted by atomic mass is 9.80. The summed E-state index contributed by atoms with van der Waals surface area (Å²) in [4.78, 5) is 4.41. The molecule has 0 bridgehead atoms. The van der Waals surface area contributed by atoms with Crippen LogP contribution in [0.5, 0.6) is 0 Å². The Bertz CT molecular complexity index is 576. The second-order valence-corrected chi connectivity index (χ2v) is 5.40. The topological polar surface area (TPSA) is 53.4 Å². The van der Waals surface area contributed by atoms with Crippen LogP contribution in [-0.4, -0.2) is 21.8 Å². The van der Waals surface area contributed by atoms with Gasteiger partial charge in [0.05, 0.1) is 18.0 Å². The van der Waals surface area contributed by atoms with Gasteiger partial charge < -0.3 is 10.2 Å². The zero-order chi connectivity index (χ0) is 13.9. The third-order valence-corrected chi connectivity index (χ3v) is 4.07. The van der Waals surface area contributed by atoms with Gasteiger partial charge in [-0.25, -0.2) is 4.98 Å². The molecule has 2 aromatic rings. The number of benzene rings is 1. The largest absolute Gasteiger partial charge is 0.393 e. The molecule has 1 aromatic heterocycles. The number of hydrogen-bond acceptors (Lipinski definition) is 3. The summed E-state index contributed by atoms with van der Waals surface area (Å²) in [7, 11) is 0. The number of aromatic nitrogens is 1. The van der Waals surface area contributed by atoms with Gasteiger partial charge in [0.15, 0.2) is 0 Å². The molecule has 1 heterocycles. The van der Waals surface area contributed by atoms with Crippen LogP contribution in [0.15, 0.2) is 42.5 Å². The number of rotatable bonds is 4. The number of nitrogens with zero attached hydrogens (tertiary/aromatic N) is 1.